The first-order chi connectivity index (χ1) is 32.5. The van der Waals surface area contributed by atoms with Gasteiger partial charge in [0.15, 0.2) is 0 Å². The van der Waals surface area contributed by atoms with Gasteiger partial charge in [-0.1, -0.05) is 235 Å². The Morgan fingerprint density at radius 3 is 1.30 bits per heavy atom. The molecule has 0 spiro atoms. The third kappa shape index (κ3) is 51.9. The van der Waals surface area contributed by atoms with Crippen LogP contribution >= 0.6 is 7.82 Å². The van der Waals surface area contributed by atoms with Crippen LogP contribution in [-0.4, -0.2) is 73.4 Å². The van der Waals surface area contributed by atoms with Crippen LogP contribution in [0.1, 0.15) is 251 Å². The van der Waals surface area contributed by atoms with Gasteiger partial charge in [0.25, 0.3) is 0 Å². The van der Waals surface area contributed by atoms with Gasteiger partial charge >= 0.3 is 7.82 Å². The maximum Gasteiger partial charge on any atom is 0.472 e. The third-order valence-electron chi connectivity index (χ3n) is 12.5. The molecule has 392 valence electrons. The van der Waals surface area contributed by atoms with Crippen molar-refractivity contribution >= 4 is 13.7 Å². The number of carbonyl (C=O) groups excluding carboxylic acids is 1. The number of allylic oxidation sites excluding steroid dienone is 9. The number of phosphoric ester groups is 1. The van der Waals surface area contributed by atoms with Crippen LogP contribution < -0.4 is 5.32 Å². The van der Waals surface area contributed by atoms with E-state index in [2.05, 4.69) is 67.8 Å². The van der Waals surface area contributed by atoms with Crippen molar-refractivity contribution in [1.82, 2.24) is 5.32 Å². The number of likely N-dealkylation sites (N-methyl/N-ethyl adjacent to an activating group) is 1. The molecular weight excluding hydrogens is 852 g/mol. The number of hydrogen-bond acceptors (Lipinski definition) is 5. The fraction of sp³-hybridized carbons (Fsp3) is 0.810. The number of nitrogens with zero attached hydrogens (tertiary/aromatic N) is 1. The lowest BCUT2D eigenvalue weighted by Gasteiger charge is -2.25. The summed E-state index contributed by atoms with van der Waals surface area (Å²) < 4.78 is 23.7. The highest BCUT2D eigenvalue weighted by molar-refractivity contribution is 7.47. The summed E-state index contributed by atoms with van der Waals surface area (Å²) >= 11 is 0. The molecule has 0 aliphatic heterocycles. The molecule has 3 unspecified atom stereocenters. The van der Waals surface area contributed by atoms with E-state index < -0.39 is 20.0 Å². The molecular formula is C58H110N2O6P+. The Labute approximate surface area is 415 Å². The summed E-state index contributed by atoms with van der Waals surface area (Å²) in [6.07, 6.45) is 66.0. The maximum atomic E-state index is 13.0. The minimum atomic E-state index is -4.35. The molecule has 8 nitrogen and oxygen atoms in total. The molecule has 0 fully saturated rings. The fourth-order valence-electron chi connectivity index (χ4n) is 8.01. The third-order valence-corrected chi connectivity index (χ3v) is 13.4. The number of hydrogen-bond donors (Lipinski definition) is 3. The first kappa shape index (κ1) is 65.2. The minimum Gasteiger partial charge on any atom is -0.387 e. The number of nitrogens with one attached hydrogen (secondary N) is 1. The van der Waals surface area contributed by atoms with Crippen LogP contribution in [0.4, 0.5) is 0 Å². The second kappa shape index (κ2) is 49.2. The zero-order chi connectivity index (χ0) is 49.2. The zero-order valence-electron chi connectivity index (χ0n) is 44.6. The number of aliphatic hydroxyl groups is 1. The van der Waals surface area contributed by atoms with Gasteiger partial charge < -0.3 is 19.8 Å². The quantitative estimate of drug-likeness (QED) is 0.0243. The first-order valence-electron chi connectivity index (χ1n) is 28.2. The van der Waals surface area contributed by atoms with E-state index in [1.807, 2.05) is 27.2 Å². The Morgan fingerprint density at radius 1 is 0.507 bits per heavy atom. The molecule has 3 atom stereocenters. The number of aliphatic hydroxyl groups excluding tert-OH is 1. The van der Waals surface area contributed by atoms with E-state index in [-0.39, 0.29) is 19.1 Å². The van der Waals surface area contributed by atoms with Crippen molar-refractivity contribution in [2.75, 3.05) is 40.9 Å². The highest BCUT2D eigenvalue weighted by atomic mass is 31.2. The molecule has 0 bridgehead atoms. The summed E-state index contributed by atoms with van der Waals surface area (Å²) in [6, 6.07) is -0.865. The molecule has 0 radical (unpaired) electrons. The van der Waals surface area contributed by atoms with Crippen LogP contribution in [0.5, 0.6) is 0 Å². The van der Waals surface area contributed by atoms with Crippen LogP contribution in [0.3, 0.4) is 0 Å². The summed E-state index contributed by atoms with van der Waals surface area (Å²) in [6.45, 7) is 4.79. The SMILES string of the molecule is CCCCCCC/C=C\C/C=C\C/C=C\CCCCCCCCCCCCCCCCC(=O)NC(COP(=O)(O)OCC[N+](C)(C)C)C(O)/C=C/CC/C=C/CCCCCCCCCCCC. The first-order valence-corrected chi connectivity index (χ1v) is 29.7. The Kier molecular flexibility index (Phi) is 47.9. The normalized spacial score (nSPS) is 14.4. The number of unbranched alkanes of at least 4 members (excludes halogenated alkanes) is 30. The van der Waals surface area contributed by atoms with Crippen molar-refractivity contribution in [3.63, 3.8) is 0 Å². The zero-order valence-corrected chi connectivity index (χ0v) is 45.5. The van der Waals surface area contributed by atoms with Crippen molar-refractivity contribution in [3.8, 4) is 0 Å². The lowest BCUT2D eigenvalue weighted by Crippen LogP contribution is -2.45. The molecule has 0 saturated heterocycles. The smallest absolute Gasteiger partial charge is 0.387 e. The van der Waals surface area contributed by atoms with Gasteiger partial charge in [0, 0.05) is 6.42 Å². The van der Waals surface area contributed by atoms with Gasteiger partial charge in [-0.25, -0.2) is 4.57 Å². The van der Waals surface area contributed by atoms with Gasteiger partial charge in [0.1, 0.15) is 13.2 Å². The standard InChI is InChI=1S/C58H109N2O6P/c1-6-8-10-12-14-16-18-20-22-24-25-26-27-28-29-30-31-32-33-34-35-36-38-40-42-44-46-48-50-52-58(62)59-56(55-66-67(63,64)65-54-53-60(3,4)5)57(61)51-49-47-45-43-41-39-37-23-21-19-17-15-13-11-9-7-2/h18,20,24-25,27-28,41,43,49,51,56-57,61H,6-17,19,21-23,26,29-40,42,44-48,50,52-55H2,1-5H3,(H-,59,62,63,64)/p+1/b20-18-,25-24-,28-27-,43-41+,51-49+. The van der Waals surface area contributed by atoms with E-state index in [0.717, 1.165) is 51.4 Å². The van der Waals surface area contributed by atoms with E-state index in [1.165, 1.54) is 180 Å². The van der Waals surface area contributed by atoms with Crippen LogP contribution in [0.25, 0.3) is 0 Å². The average Bonchev–Trinajstić information content (AvgIpc) is 3.29. The molecule has 0 aliphatic carbocycles. The molecule has 9 heteroatoms. The number of rotatable bonds is 51. The van der Waals surface area contributed by atoms with E-state index in [1.54, 1.807) is 6.08 Å². The molecule has 67 heavy (non-hydrogen) atoms. The van der Waals surface area contributed by atoms with E-state index in [9.17, 15) is 19.4 Å². The summed E-state index contributed by atoms with van der Waals surface area (Å²) in [4.78, 5) is 23.3. The number of amides is 1. The summed E-state index contributed by atoms with van der Waals surface area (Å²) in [5.74, 6) is -0.188. The lowest BCUT2D eigenvalue weighted by atomic mass is 10.0. The van der Waals surface area contributed by atoms with Crippen LogP contribution in [-0.2, 0) is 18.4 Å². The van der Waals surface area contributed by atoms with Crippen LogP contribution in [0, 0.1) is 0 Å². The molecule has 0 aliphatic rings. The van der Waals surface area contributed by atoms with Crippen molar-refractivity contribution in [2.24, 2.45) is 0 Å². The number of phosphoric acid groups is 1. The van der Waals surface area contributed by atoms with Crippen molar-refractivity contribution < 1.29 is 32.9 Å². The molecule has 0 rings (SSSR count). The summed E-state index contributed by atoms with van der Waals surface area (Å²) in [7, 11) is 1.55. The fourth-order valence-corrected chi connectivity index (χ4v) is 8.74. The molecule has 0 heterocycles. The van der Waals surface area contributed by atoms with E-state index in [0.29, 0.717) is 17.4 Å². The predicted molar refractivity (Wildman–Crippen MR) is 290 cm³/mol. The number of carbonyl (C=O) groups is 1. The second-order valence-corrected chi connectivity index (χ2v) is 21.8. The Balaban J connectivity index is 4.19. The minimum absolute atomic E-state index is 0.0549. The van der Waals surface area contributed by atoms with E-state index >= 15 is 0 Å². The Hall–Kier alpha value is -1.80. The Bertz CT molecular complexity index is 1270. The number of quaternary nitrogens is 1. The largest absolute Gasteiger partial charge is 0.472 e. The highest BCUT2D eigenvalue weighted by Crippen LogP contribution is 2.43. The Morgan fingerprint density at radius 2 is 0.866 bits per heavy atom. The van der Waals surface area contributed by atoms with Crippen LogP contribution in [0.2, 0.25) is 0 Å². The molecule has 0 aromatic rings. The lowest BCUT2D eigenvalue weighted by molar-refractivity contribution is -0.870. The summed E-state index contributed by atoms with van der Waals surface area (Å²) in [5.41, 5.74) is 0. The van der Waals surface area contributed by atoms with Crippen molar-refractivity contribution in [2.45, 2.75) is 264 Å². The molecule has 0 aromatic heterocycles. The van der Waals surface area contributed by atoms with Gasteiger partial charge in [-0.05, 0) is 70.6 Å². The molecule has 0 saturated carbocycles. The highest BCUT2D eigenvalue weighted by Gasteiger charge is 2.27. The van der Waals surface area contributed by atoms with Crippen molar-refractivity contribution in [3.05, 3.63) is 60.8 Å². The van der Waals surface area contributed by atoms with E-state index in [4.69, 9.17) is 9.05 Å². The molecule has 0 aromatic carbocycles. The van der Waals surface area contributed by atoms with Gasteiger partial charge in [-0.2, -0.15) is 0 Å². The van der Waals surface area contributed by atoms with Crippen molar-refractivity contribution in [1.29, 1.82) is 0 Å². The van der Waals surface area contributed by atoms with Gasteiger partial charge in [-0.15, -0.1) is 0 Å². The molecule has 1 amide bonds. The second-order valence-electron chi connectivity index (χ2n) is 20.3. The monoisotopic (exact) mass is 962 g/mol. The topological polar surface area (TPSA) is 105 Å². The van der Waals surface area contributed by atoms with Gasteiger partial charge in [0.05, 0.1) is 39.9 Å². The van der Waals surface area contributed by atoms with Gasteiger partial charge in [0.2, 0.25) is 5.91 Å². The maximum absolute atomic E-state index is 13.0. The van der Waals surface area contributed by atoms with Gasteiger partial charge in [-0.3, -0.25) is 13.8 Å². The summed E-state index contributed by atoms with van der Waals surface area (Å²) in [5, 5.41) is 13.9. The molecule has 3 N–H and O–H groups in total. The predicted octanol–water partition coefficient (Wildman–Crippen LogP) is 16.9. The average molecular weight is 962 g/mol. The van der Waals surface area contributed by atoms with Crippen LogP contribution in [0.15, 0.2) is 60.8 Å².